The lowest BCUT2D eigenvalue weighted by atomic mass is 10.2. The number of carbonyl (C=O) groups is 2. The maximum absolute atomic E-state index is 12.8. The summed E-state index contributed by atoms with van der Waals surface area (Å²) in [7, 11) is 0. The van der Waals surface area contributed by atoms with Crippen molar-refractivity contribution >= 4 is 17.8 Å². The van der Waals surface area contributed by atoms with E-state index in [9.17, 15) is 9.59 Å². The van der Waals surface area contributed by atoms with Crippen LogP contribution in [0.25, 0.3) is 0 Å². The minimum atomic E-state index is -0.488. The normalized spacial score (nSPS) is 18.3. The standard InChI is InChI=1S/C17H20N4O2/c1-12(2)21-15(9-10-18-21)20-16(22)13(3)19(17(20)23)11-14-7-5-4-6-8-14/h4-10,12-13H,11H2,1-3H3/t13-/m0/s1. The number of nitrogens with zero attached hydrogens (tertiary/aromatic N) is 4. The van der Waals surface area contributed by atoms with Crippen LogP contribution in [0.5, 0.6) is 0 Å². The minimum absolute atomic E-state index is 0.0686. The first-order valence-corrected chi connectivity index (χ1v) is 7.72. The van der Waals surface area contributed by atoms with Crippen molar-refractivity contribution in [1.82, 2.24) is 14.7 Å². The highest BCUT2D eigenvalue weighted by molar-refractivity contribution is 6.20. The van der Waals surface area contributed by atoms with Gasteiger partial charge in [-0.1, -0.05) is 30.3 Å². The fraction of sp³-hybridized carbons (Fsp3) is 0.353. The number of anilines is 1. The van der Waals surface area contributed by atoms with Crippen LogP contribution in [0.1, 0.15) is 32.4 Å². The Balaban J connectivity index is 1.91. The molecule has 120 valence electrons. The van der Waals surface area contributed by atoms with Gasteiger partial charge < -0.3 is 4.90 Å². The quantitative estimate of drug-likeness (QED) is 0.816. The number of carbonyl (C=O) groups excluding carboxylic acids is 2. The number of imide groups is 1. The maximum Gasteiger partial charge on any atom is 0.333 e. The van der Waals surface area contributed by atoms with E-state index in [1.807, 2.05) is 44.2 Å². The Morgan fingerprint density at radius 2 is 1.83 bits per heavy atom. The number of amides is 3. The maximum atomic E-state index is 12.8. The number of rotatable bonds is 4. The Hall–Kier alpha value is -2.63. The Morgan fingerprint density at radius 1 is 1.13 bits per heavy atom. The molecule has 0 saturated carbocycles. The van der Waals surface area contributed by atoms with Crippen molar-refractivity contribution in [2.45, 2.75) is 39.4 Å². The first kappa shape index (κ1) is 15.3. The van der Waals surface area contributed by atoms with Crippen LogP contribution >= 0.6 is 0 Å². The van der Waals surface area contributed by atoms with Crippen LogP contribution < -0.4 is 4.90 Å². The number of hydrogen-bond acceptors (Lipinski definition) is 3. The number of hydrogen-bond donors (Lipinski definition) is 0. The first-order chi connectivity index (χ1) is 11.0. The van der Waals surface area contributed by atoms with Crippen molar-refractivity contribution in [3.8, 4) is 0 Å². The third-order valence-electron chi connectivity index (χ3n) is 4.05. The van der Waals surface area contributed by atoms with E-state index in [1.54, 1.807) is 28.8 Å². The van der Waals surface area contributed by atoms with Gasteiger partial charge in [-0.05, 0) is 26.3 Å². The molecule has 6 nitrogen and oxygen atoms in total. The lowest BCUT2D eigenvalue weighted by Crippen LogP contribution is -2.34. The van der Waals surface area contributed by atoms with E-state index >= 15 is 0 Å². The smallest absolute Gasteiger partial charge is 0.308 e. The summed E-state index contributed by atoms with van der Waals surface area (Å²) in [6.07, 6.45) is 1.61. The summed E-state index contributed by atoms with van der Waals surface area (Å²) in [6, 6.07) is 10.7. The van der Waals surface area contributed by atoms with Crippen LogP contribution in [0.15, 0.2) is 42.6 Å². The molecule has 0 spiro atoms. The van der Waals surface area contributed by atoms with E-state index in [-0.39, 0.29) is 18.0 Å². The Morgan fingerprint density at radius 3 is 2.48 bits per heavy atom. The molecular formula is C17H20N4O2. The predicted molar refractivity (Wildman–Crippen MR) is 86.9 cm³/mol. The summed E-state index contributed by atoms with van der Waals surface area (Å²) < 4.78 is 1.69. The van der Waals surface area contributed by atoms with Crippen LogP contribution in [-0.4, -0.2) is 32.7 Å². The summed E-state index contributed by atoms with van der Waals surface area (Å²) in [5, 5.41) is 4.22. The van der Waals surface area contributed by atoms with Crippen molar-refractivity contribution in [1.29, 1.82) is 0 Å². The van der Waals surface area contributed by atoms with E-state index < -0.39 is 6.04 Å². The van der Waals surface area contributed by atoms with Gasteiger partial charge in [-0.25, -0.2) is 14.4 Å². The predicted octanol–water partition coefficient (Wildman–Crippen LogP) is 2.82. The van der Waals surface area contributed by atoms with Crippen LogP contribution in [0, 0.1) is 0 Å². The van der Waals surface area contributed by atoms with Gasteiger partial charge in [-0.15, -0.1) is 0 Å². The first-order valence-electron chi connectivity index (χ1n) is 7.72. The molecule has 2 aromatic rings. The molecule has 1 aliphatic heterocycles. The van der Waals surface area contributed by atoms with Crippen LogP contribution in [0.4, 0.5) is 10.6 Å². The molecule has 23 heavy (non-hydrogen) atoms. The molecule has 3 amide bonds. The molecule has 1 aromatic heterocycles. The van der Waals surface area contributed by atoms with Gasteiger partial charge in [0.1, 0.15) is 11.9 Å². The fourth-order valence-corrected chi connectivity index (χ4v) is 2.79. The molecule has 1 fully saturated rings. The lowest BCUT2D eigenvalue weighted by Gasteiger charge is -2.20. The molecule has 6 heteroatoms. The second-order valence-corrected chi connectivity index (χ2v) is 5.97. The Kier molecular flexibility index (Phi) is 3.90. The van der Waals surface area contributed by atoms with Gasteiger partial charge in [0.05, 0.1) is 6.20 Å². The van der Waals surface area contributed by atoms with Crippen LogP contribution in [0.3, 0.4) is 0 Å². The third kappa shape index (κ3) is 2.60. The monoisotopic (exact) mass is 312 g/mol. The Bertz CT molecular complexity index is 723. The zero-order valence-electron chi connectivity index (χ0n) is 13.5. The summed E-state index contributed by atoms with van der Waals surface area (Å²) >= 11 is 0. The highest BCUT2D eigenvalue weighted by Crippen LogP contribution is 2.27. The molecule has 0 N–H and O–H groups in total. The Labute approximate surface area is 135 Å². The minimum Gasteiger partial charge on any atom is -0.308 e. The lowest BCUT2D eigenvalue weighted by molar-refractivity contribution is -0.119. The van der Waals surface area contributed by atoms with Crippen molar-refractivity contribution in [2.75, 3.05) is 4.90 Å². The molecular weight excluding hydrogens is 292 g/mol. The summed E-state index contributed by atoms with van der Waals surface area (Å²) in [5.41, 5.74) is 1.000. The van der Waals surface area contributed by atoms with Gasteiger partial charge in [-0.3, -0.25) is 4.79 Å². The second kappa shape index (κ2) is 5.87. The summed E-state index contributed by atoms with van der Waals surface area (Å²) in [5.74, 6) is 0.311. The van der Waals surface area contributed by atoms with Crippen LogP contribution in [0.2, 0.25) is 0 Å². The number of aromatic nitrogens is 2. The fourth-order valence-electron chi connectivity index (χ4n) is 2.79. The van der Waals surface area contributed by atoms with E-state index in [4.69, 9.17) is 0 Å². The SMILES string of the molecule is CC(C)n1nccc1N1C(=O)[C@H](C)N(Cc2ccccc2)C1=O. The largest absolute Gasteiger partial charge is 0.333 e. The van der Waals surface area contributed by atoms with Crippen molar-refractivity contribution in [3.63, 3.8) is 0 Å². The average Bonchev–Trinajstić information content (AvgIpc) is 3.08. The molecule has 1 aromatic carbocycles. The van der Waals surface area contributed by atoms with E-state index in [1.165, 1.54) is 4.90 Å². The van der Waals surface area contributed by atoms with E-state index in [2.05, 4.69) is 5.10 Å². The summed E-state index contributed by atoms with van der Waals surface area (Å²) in [6.45, 7) is 6.11. The average molecular weight is 312 g/mol. The van der Waals surface area contributed by atoms with Crippen molar-refractivity contribution in [3.05, 3.63) is 48.2 Å². The zero-order chi connectivity index (χ0) is 16.6. The molecule has 1 atom stereocenters. The van der Waals surface area contributed by atoms with E-state index in [0.29, 0.717) is 12.4 Å². The van der Waals surface area contributed by atoms with Crippen molar-refractivity contribution < 1.29 is 9.59 Å². The number of benzene rings is 1. The highest BCUT2D eigenvalue weighted by atomic mass is 16.2. The molecule has 2 heterocycles. The van der Waals surface area contributed by atoms with Gasteiger partial charge in [0.25, 0.3) is 5.91 Å². The third-order valence-corrected chi connectivity index (χ3v) is 4.05. The topological polar surface area (TPSA) is 58.4 Å². The highest BCUT2D eigenvalue weighted by Gasteiger charge is 2.44. The molecule has 3 rings (SSSR count). The molecule has 0 bridgehead atoms. The van der Waals surface area contributed by atoms with Crippen LogP contribution in [-0.2, 0) is 11.3 Å². The second-order valence-electron chi connectivity index (χ2n) is 5.97. The summed E-state index contributed by atoms with van der Waals surface area (Å²) in [4.78, 5) is 28.2. The molecule has 1 saturated heterocycles. The van der Waals surface area contributed by atoms with Gasteiger partial charge in [0.2, 0.25) is 0 Å². The van der Waals surface area contributed by atoms with Gasteiger partial charge in [-0.2, -0.15) is 5.10 Å². The molecule has 0 unspecified atom stereocenters. The van der Waals surface area contributed by atoms with Gasteiger partial charge >= 0.3 is 6.03 Å². The number of urea groups is 1. The van der Waals surface area contributed by atoms with Gasteiger partial charge in [0.15, 0.2) is 0 Å². The molecule has 1 aliphatic rings. The van der Waals surface area contributed by atoms with Crippen molar-refractivity contribution in [2.24, 2.45) is 0 Å². The molecule has 0 aliphatic carbocycles. The zero-order valence-corrected chi connectivity index (χ0v) is 13.5. The molecule has 0 radical (unpaired) electrons. The van der Waals surface area contributed by atoms with E-state index in [0.717, 1.165) is 5.56 Å². The van der Waals surface area contributed by atoms with Gasteiger partial charge in [0, 0.05) is 18.7 Å².